The summed E-state index contributed by atoms with van der Waals surface area (Å²) in [6, 6.07) is 11.6. The number of nitrogens with one attached hydrogen (secondary N) is 2. The van der Waals surface area contributed by atoms with Gasteiger partial charge in [0.15, 0.2) is 16.5 Å². The van der Waals surface area contributed by atoms with Crippen molar-refractivity contribution in [2.45, 2.75) is 4.90 Å². The number of phenols is 1. The molecule has 0 aliphatic carbocycles. The van der Waals surface area contributed by atoms with Crippen LogP contribution in [0.2, 0.25) is 0 Å². The Kier molecular flexibility index (Phi) is 6.74. The van der Waals surface area contributed by atoms with Gasteiger partial charge in [0.2, 0.25) is 16.0 Å². The molecule has 0 atom stereocenters. The monoisotopic (exact) mass is 540 g/mol. The number of hydrogen-bond donors (Lipinski definition) is 3. The van der Waals surface area contributed by atoms with Crippen LogP contribution in [0.15, 0.2) is 71.2 Å². The van der Waals surface area contributed by atoms with Gasteiger partial charge in [-0.2, -0.15) is 0 Å². The number of rotatable bonds is 9. The summed E-state index contributed by atoms with van der Waals surface area (Å²) >= 11 is 1.46. The molecule has 5 aromatic rings. The molecule has 0 aliphatic rings. The maximum absolute atomic E-state index is 14.0. The van der Waals surface area contributed by atoms with Crippen LogP contribution in [0.5, 0.6) is 11.5 Å². The molecular weight excluding hydrogens is 519 g/mol. The van der Waals surface area contributed by atoms with E-state index in [1.54, 1.807) is 24.4 Å². The molecule has 5 rings (SSSR count). The second-order valence-electron chi connectivity index (χ2n) is 7.80. The van der Waals surface area contributed by atoms with Gasteiger partial charge in [-0.05, 0) is 48.5 Å². The molecule has 0 fully saturated rings. The first-order valence-electron chi connectivity index (χ1n) is 11.0. The van der Waals surface area contributed by atoms with Gasteiger partial charge in [-0.15, -0.1) is 11.3 Å². The van der Waals surface area contributed by atoms with Crippen LogP contribution in [0.3, 0.4) is 0 Å². The minimum absolute atomic E-state index is 0.0164. The number of sulfonamides is 1. The minimum Gasteiger partial charge on any atom is -0.508 e. The van der Waals surface area contributed by atoms with Crippen molar-refractivity contribution in [1.29, 1.82) is 0 Å². The molecule has 0 saturated carbocycles. The fraction of sp³-hybridized carbons (Fsp3) is 0.125. The molecule has 0 bridgehead atoms. The maximum atomic E-state index is 14.0. The average molecular weight is 541 g/mol. The minimum atomic E-state index is -3.73. The Morgan fingerprint density at radius 3 is 2.70 bits per heavy atom. The number of aromatic nitrogens is 4. The van der Waals surface area contributed by atoms with Crippen molar-refractivity contribution in [3.8, 4) is 34.1 Å². The quantitative estimate of drug-likeness (QED) is 0.241. The first kappa shape index (κ1) is 24.6. The number of thiazole rings is 1. The molecule has 0 aliphatic heterocycles. The van der Waals surface area contributed by atoms with Crippen LogP contribution < -0.4 is 14.8 Å². The highest BCUT2D eigenvalue weighted by molar-refractivity contribution is 7.89. The van der Waals surface area contributed by atoms with Crippen LogP contribution in [-0.4, -0.2) is 53.1 Å². The Morgan fingerprint density at radius 1 is 1.11 bits per heavy atom. The topological polar surface area (TPSA) is 131 Å². The molecule has 190 valence electrons. The third-order valence-corrected chi connectivity index (χ3v) is 7.67. The Balaban J connectivity index is 1.36. The normalized spacial score (nSPS) is 11.6. The van der Waals surface area contributed by atoms with Crippen LogP contribution in [0, 0.1) is 5.82 Å². The van der Waals surface area contributed by atoms with E-state index in [-0.39, 0.29) is 29.5 Å². The number of phenolic OH excluding ortho intramolecular Hbond substituents is 1. The van der Waals surface area contributed by atoms with Crippen LogP contribution in [0.25, 0.3) is 27.6 Å². The van der Waals surface area contributed by atoms with Crippen molar-refractivity contribution in [3.05, 3.63) is 72.1 Å². The van der Waals surface area contributed by atoms with Crippen molar-refractivity contribution in [1.82, 2.24) is 24.1 Å². The van der Waals surface area contributed by atoms with Gasteiger partial charge in [-0.1, -0.05) is 0 Å². The van der Waals surface area contributed by atoms with E-state index in [1.165, 1.54) is 48.8 Å². The third-order valence-electron chi connectivity index (χ3n) is 5.43. The number of fused-ring (bicyclic) bond motifs is 1. The average Bonchev–Trinajstić information content (AvgIpc) is 3.49. The van der Waals surface area contributed by atoms with E-state index < -0.39 is 15.8 Å². The summed E-state index contributed by atoms with van der Waals surface area (Å²) in [7, 11) is -2.32. The highest BCUT2D eigenvalue weighted by Gasteiger charge is 2.20. The summed E-state index contributed by atoms with van der Waals surface area (Å²) in [5, 5.41) is 14.3. The van der Waals surface area contributed by atoms with E-state index in [1.807, 2.05) is 16.0 Å². The lowest BCUT2D eigenvalue weighted by molar-refractivity contribution is 0.387. The van der Waals surface area contributed by atoms with Gasteiger partial charge in [0, 0.05) is 36.4 Å². The summed E-state index contributed by atoms with van der Waals surface area (Å²) in [5.41, 5.74) is 2.55. The molecule has 0 saturated heterocycles. The number of benzene rings is 2. The van der Waals surface area contributed by atoms with E-state index in [0.29, 0.717) is 28.6 Å². The molecular formula is C24H21FN6O4S2. The molecule has 0 amide bonds. The predicted octanol–water partition coefficient (Wildman–Crippen LogP) is 3.76. The van der Waals surface area contributed by atoms with Crippen molar-refractivity contribution in [3.63, 3.8) is 0 Å². The SMILES string of the molecule is COc1cc(-c2nc3sccn3c2-c2ccnc(NCCNS(=O)(=O)c3ccc(O)cc3)n2)ccc1F. The van der Waals surface area contributed by atoms with Gasteiger partial charge in [0.05, 0.1) is 23.4 Å². The molecule has 0 radical (unpaired) electrons. The Morgan fingerprint density at radius 2 is 1.92 bits per heavy atom. The molecule has 0 spiro atoms. The van der Waals surface area contributed by atoms with E-state index in [9.17, 15) is 17.9 Å². The zero-order valence-corrected chi connectivity index (χ0v) is 21.1. The van der Waals surface area contributed by atoms with Gasteiger partial charge < -0.3 is 15.2 Å². The number of halogens is 1. The summed E-state index contributed by atoms with van der Waals surface area (Å²) in [4.78, 5) is 14.4. The third kappa shape index (κ3) is 5.09. The van der Waals surface area contributed by atoms with Crippen LogP contribution in [-0.2, 0) is 10.0 Å². The van der Waals surface area contributed by atoms with Gasteiger partial charge in [0.25, 0.3) is 0 Å². The summed E-state index contributed by atoms with van der Waals surface area (Å²) in [6.45, 7) is 0.307. The molecule has 0 unspecified atom stereocenters. The van der Waals surface area contributed by atoms with Crippen molar-refractivity contribution >= 4 is 32.3 Å². The van der Waals surface area contributed by atoms with E-state index >= 15 is 0 Å². The second-order valence-corrected chi connectivity index (χ2v) is 10.4. The molecule has 3 heterocycles. The molecule has 10 nitrogen and oxygen atoms in total. The number of methoxy groups -OCH3 is 1. The van der Waals surface area contributed by atoms with Crippen molar-refractivity contribution < 1.29 is 22.7 Å². The number of anilines is 1. The lowest BCUT2D eigenvalue weighted by atomic mass is 10.1. The summed E-state index contributed by atoms with van der Waals surface area (Å²) < 4.78 is 48.4. The summed E-state index contributed by atoms with van der Waals surface area (Å²) in [6.07, 6.45) is 3.46. The molecule has 13 heteroatoms. The van der Waals surface area contributed by atoms with Crippen LogP contribution in [0.1, 0.15) is 0 Å². The Labute approximate surface area is 215 Å². The van der Waals surface area contributed by atoms with Crippen LogP contribution >= 0.6 is 11.3 Å². The van der Waals surface area contributed by atoms with Crippen LogP contribution in [0.4, 0.5) is 10.3 Å². The highest BCUT2D eigenvalue weighted by atomic mass is 32.2. The number of hydrogen-bond acceptors (Lipinski definition) is 9. The standard InChI is InChI=1S/C24H21FN6O4S2/c1-35-20-14-15(2-7-18(20)25)21-22(31-12-13-36-24(31)30-21)19-8-9-26-23(29-19)27-10-11-28-37(33,34)17-5-3-16(32)4-6-17/h2-9,12-14,28,32H,10-11H2,1H3,(H,26,27,29). The Bertz CT molecular complexity index is 1670. The number of aromatic hydroxyl groups is 1. The van der Waals surface area contributed by atoms with Crippen molar-refractivity contribution in [2.75, 3.05) is 25.5 Å². The molecule has 2 aromatic carbocycles. The zero-order chi connectivity index (χ0) is 26.0. The van der Waals surface area contributed by atoms with Gasteiger partial charge >= 0.3 is 0 Å². The lowest BCUT2D eigenvalue weighted by Gasteiger charge is -2.10. The summed E-state index contributed by atoms with van der Waals surface area (Å²) in [5.74, 6) is -0.0746. The number of nitrogens with zero attached hydrogens (tertiary/aromatic N) is 4. The second kappa shape index (κ2) is 10.1. The number of ether oxygens (including phenoxy) is 1. The smallest absolute Gasteiger partial charge is 0.240 e. The van der Waals surface area contributed by atoms with E-state index in [0.717, 1.165) is 4.96 Å². The van der Waals surface area contributed by atoms with Gasteiger partial charge in [-0.25, -0.2) is 32.5 Å². The van der Waals surface area contributed by atoms with Gasteiger partial charge in [-0.3, -0.25) is 4.40 Å². The Hall–Kier alpha value is -4.07. The fourth-order valence-electron chi connectivity index (χ4n) is 3.68. The predicted molar refractivity (Wildman–Crippen MR) is 138 cm³/mol. The number of imidazole rings is 1. The zero-order valence-electron chi connectivity index (χ0n) is 19.4. The first-order chi connectivity index (χ1) is 17.9. The lowest BCUT2D eigenvalue weighted by Crippen LogP contribution is -2.29. The molecule has 3 aromatic heterocycles. The fourth-order valence-corrected chi connectivity index (χ4v) is 5.43. The largest absolute Gasteiger partial charge is 0.508 e. The first-order valence-corrected chi connectivity index (χ1v) is 13.4. The highest BCUT2D eigenvalue weighted by Crippen LogP contribution is 2.35. The maximum Gasteiger partial charge on any atom is 0.240 e. The molecule has 37 heavy (non-hydrogen) atoms. The molecule has 3 N–H and O–H groups in total. The van der Waals surface area contributed by atoms with E-state index in [2.05, 4.69) is 20.0 Å². The van der Waals surface area contributed by atoms with E-state index in [4.69, 9.17) is 9.72 Å². The van der Waals surface area contributed by atoms with Crippen molar-refractivity contribution in [2.24, 2.45) is 0 Å². The van der Waals surface area contributed by atoms with Gasteiger partial charge in [0.1, 0.15) is 11.4 Å².